The Morgan fingerprint density at radius 2 is 1.76 bits per heavy atom. The molecule has 0 aromatic heterocycles. The Kier molecular flexibility index (Phi) is 5.58. The van der Waals surface area contributed by atoms with Gasteiger partial charge in [-0.1, -0.05) is 34.6 Å². The SMILES string of the molecule is CC(CCC(=O)O)[C@H]1CC(=O)[C@@]2(C)C3=C(C(=O)C[C@]12C)[C@@]1(C)CC[C@H](O)C(C)(C)C1C[C@@H]3O. The number of hydrogen-bond donors (Lipinski definition) is 3. The molecule has 4 rings (SSSR count). The average Bonchev–Trinajstić information content (AvgIpc) is 2.92. The molecule has 0 aromatic carbocycles. The fourth-order valence-corrected chi connectivity index (χ4v) is 8.65. The second kappa shape index (κ2) is 7.48. The third-order valence-corrected chi connectivity index (χ3v) is 10.9. The zero-order valence-electron chi connectivity index (χ0n) is 20.9. The van der Waals surface area contributed by atoms with E-state index in [2.05, 4.69) is 6.92 Å². The van der Waals surface area contributed by atoms with Crippen molar-refractivity contribution in [3.05, 3.63) is 11.1 Å². The van der Waals surface area contributed by atoms with Crippen LogP contribution in [0.5, 0.6) is 0 Å². The quantitative estimate of drug-likeness (QED) is 0.586. The van der Waals surface area contributed by atoms with Crippen molar-refractivity contribution in [3.63, 3.8) is 0 Å². The van der Waals surface area contributed by atoms with Gasteiger partial charge in [-0.2, -0.15) is 0 Å². The van der Waals surface area contributed by atoms with Gasteiger partial charge in [-0.05, 0) is 72.2 Å². The number of fused-ring (bicyclic) bond motifs is 4. The predicted octanol–water partition coefficient (Wildman–Crippen LogP) is 3.93. The van der Waals surface area contributed by atoms with Crippen LogP contribution in [0, 0.1) is 39.4 Å². The predicted molar refractivity (Wildman–Crippen MR) is 123 cm³/mol. The van der Waals surface area contributed by atoms with Crippen molar-refractivity contribution in [3.8, 4) is 0 Å². The molecule has 33 heavy (non-hydrogen) atoms. The van der Waals surface area contributed by atoms with Gasteiger partial charge in [-0.3, -0.25) is 14.4 Å². The molecule has 8 atom stereocenters. The second-order valence-electron chi connectivity index (χ2n) is 12.7. The first-order valence-corrected chi connectivity index (χ1v) is 12.5. The molecule has 3 N–H and O–H groups in total. The number of aliphatic hydroxyl groups is 2. The number of allylic oxidation sites excluding steroid dienone is 1. The summed E-state index contributed by atoms with van der Waals surface area (Å²) < 4.78 is 0. The molecule has 2 unspecified atom stereocenters. The summed E-state index contributed by atoms with van der Waals surface area (Å²) in [5, 5.41) is 31.4. The summed E-state index contributed by atoms with van der Waals surface area (Å²) >= 11 is 0. The van der Waals surface area contributed by atoms with Gasteiger partial charge in [-0.15, -0.1) is 0 Å². The van der Waals surface area contributed by atoms with Crippen molar-refractivity contribution in [1.82, 2.24) is 0 Å². The number of aliphatic hydroxyl groups excluding tert-OH is 2. The molecule has 2 saturated carbocycles. The van der Waals surface area contributed by atoms with E-state index in [4.69, 9.17) is 5.11 Å². The Balaban J connectivity index is 1.85. The van der Waals surface area contributed by atoms with Gasteiger partial charge in [-0.25, -0.2) is 0 Å². The molecule has 0 amide bonds. The van der Waals surface area contributed by atoms with Gasteiger partial charge in [0.15, 0.2) is 5.78 Å². The number of aliphatic carboxylic acids is 1. The first kappa shape index (κ1) is 24.6. The summed E-state index contributed by atoms with van der Waals surface area (Å²) in [6.45, 7) is 12.1. The van der Waals surface area contributed by atoms with E-state index in [1.165, 1.54) is 0 Å². The molecule has 4 aliphatic carbocycles. The first-order valence-electron chi connectivity index (χ1n) is 12.5. The zero-order valence-corrected chi connectivity index (χ0v) is 20.9. The summed E-state index contributed by atoms with van der Waals surface area (Å²) in [5.74, 6) is -0.940. The van der Waals surface area contributed by atoms with Crippen LogP contribution in [-0.4, -0.2) is 45.1 Å². The average molecular weight is 461 g/mol. The largest absolute Gasteiger partial charge is 0.481 e. The smallest absolute Gasteiger partial charge is 0.303 e. The Bertz CT molecular complexity index is 933. The number of carboxylic acid groups (broad SMARTS) is 1. The third kappa shape index (κ3) is 3.09. The molecule has 2 fully saturated rings. The van der Waals surface area contributed by atoms with Crippen LogP contribution in [0.15, 0.2) is 11.1 Å². The van der Waals surface area contributed by atoms with E-state index in [1.807, 2.05) is 34.6 Å². The maximum Gasteiger partial charge on any atom is 0.303 e. The molecular weight excluding hydrogens is 420 g/mol. The summed E-state index contributed by atoms with van der Waals surface area (Å²) in [6.07, 6.45) is 1.38. The summed E-state index contributed by atoms with van der Waals surface area (Å²) in [5.41, 5.74) is -1.23. The van der Waals surface area contributed by atoms with Crippen molar-refractivity contribution in [2.45, 2.75) is 98.7 Å². The number of carbonyl (C=O) groups excluding carboxylic acids is 2. The molecule has 4 aliphatic rings. The van der Waals surface area contributed by atoms with E-state index < -0.39 is 39.8 Å². The first-order chi connectivity index (χ1) is 15.1. The minimum atomic E-state index is -0.938. The highest BCUT2D eigenvalue weighted by Gasteiger charge is 2.70. The molecular formula is C27H40O6. The van der Waals surface area contributed by atoms with Crippen LogP contribution in [0.1, 0.15) is 86.5 Å². The lowest BCUT2D eigenvalue weighted by atomic mass is 9.42. The molecule has 0 aromatic rings. The molecule has 0 saturated heterocycles. The fraction of sp³-hybridized carbons (Fsp3) is 0.815. The van der Waals surface area contributed by atoms with Crippen LogP contribution in [0.4, 0.5) is 0 Å². The maximum absolute atomic E-state index is 13.9. The molecule has 0 aliphatic heterocycles. The van der Waals surface area contributed by atoms with Crippen LogP contribution < -0.4 is 0 Å². The standard InChI is InChI=1S/C27H40O6/c1-14(7-8-21(32)33)15-11-20(31)27(6)23-16(28)12-18-24(2,3)19(30)9-10-25(18,4)22(23)17(29)13-26(15,27)5/h14-16,18-19,28,30H,7-13H2,1-6H3,(H,32,33)/t14?,15-,16+,18?,19+,25+,26-,27+/m1/s1. The van der Waals surface area contributed by atoms with Gasteiger partial charge in [0.2, 0.25) is 0 Å². The Morgan fingerprint density at radius 3 is 2.36 bits per heavy atom. The minimum Gasteiger partial charge on any atom is -0.481 e. The Labute approximate surface area is 196 Å². The van der Waals surface area contributed by atoms with Crippen molar-refractivity contribution in [2.75, 3.05) is 0 Å². The molecule has 0 heterocycles. The highest BCUT2D eigenvalue weighted by atomic mass is 16.4. The molecule has 6 nitrogen and oxygen atoms in total. The lowest BCUT2D eigenvalue weighted by molar-refractivity contribution is -0.142. The van der Waals surface area contributed by atoms with Crippen molar-refractivity contribution < 1.29 is 29.7 Å². The Morgan fingerprint density at radius 1 is 1.12 bits per heavy atom. The van der Waals surface area contributed by atoms with E-state index >= 15 is 0 Å². The minimum absolute atomic E-state index is 0.0142. The van der Waals surface area contributed by atoms with Crippen LogP contribution in [0.25, 0.3) is 0 Å². The number of ketones is 2. The monoisotopic (exact) mass is 460 g/mol. The van der Waals surface area contributed by atoms with Gasteiger partial charge < -0.3 is 15.3 Å². The van der Waals surface area contributed by atoms with Gasteiger partial charge in [0.05, 0.1) is 17.6 Å². The summed E-state index contributed by atoms with van der Waals surface area (Å²) in [6, 6.07) is 0. The Hall–Kier alpha value is -1.53. The molecule has 0 spiro atoms. The summed E-state index contributed by atoms with van der Waals surface area (Å²) in [4.78, 5) is 38.8. The van der Waals surface area contributed by atoms with Crippen LogP contribution in [0.2, 0.25) is 0 Å². The lowest BCUT2D eigenvalue weighted by Crippen LogP contribution is -2.60. The number of carboxylic acids is 1. The van der Waals surface area contributed by atoms with Crippen LogP contribution >= 0.6 is 0 Å². The van der Waals surface area contributed by atoms with Gasteiger partial charge >= 0.3 is 5.97 Å². The topological polar surface area (TPSA) is 112 Å². The lowest BCUT2D eigenvalue weighted by Gasteiger charge is -2.61. The molecule has 6 heteroatoms. The van der Waals surface area contributed by atoms with E-state index in [9.17, 15) is 24.6 Å². The van der Waals surface area contributed by atoms with Gasteiger partial charge in [0, 0.05) is 24.8 Å². The van der Waals surface area contributed by atoms with E-state index in [0.29, 0.717) is 43.3 Å². The van der Waals surface area contributed by atoms with E-state index in [0.717, 1.165) is 0 Å². The molecule has 0 radical (unpaired) electrons. The van der Waals surface area contributed by atoms with E-state index in [-0.39, 0.29) is 42.2 Å². The van der Waals surface area contributed by atoms with Gasteiger partial charge in [0.1, 0.15) is 5.78 Å². The van der Waals surface area contributed by atoms with Gasteiger partial charge in [0.25, 0.3) is 0 Å². The fourth-order valence-electron chi connectivity index (χ4n) is 8.65. The van der Waals surface area contributed by atoms with E-state index in [1.54, 1.807) is 0 Å². The number of hydrogen-bond acceptors (Lipinski definition) is 5. The number of rotatable bonds is 4. The van der Waals surface area contributed by atoms with Crippen molar-refractivity contribution in [2.24, 2.45) is 39.4 Å². The number of carbonyl (C=O) groups is 3. The van der Waals surface area contributed by atoms with Crippen molar-refractivity contribution >= 4 is 17.5 Å². The number of Topliss-reactive ketones (excluding diaryl/α,β-unsaturated/α-hetero) is 2. The highest BCUT2D eigenvalue weighted by Crippen LogP contribution is 2.70. The third-order valence-electron chi connectivity index (χ3n) is 10.9. The summed E-state index contributed by atoms with van der Waals surface area (Å²) in [7, 11) is 0. The van der Waals surface area contributed by atoms with Crippen LogP contribution in [-0.2, 0) is 14.4 Å². The maximum atomic E-state index is 13.9. The van der Waals surface area contributed by atoms with Crippen LogP contribution in [0.3, 0.4) is 0 Å². The molecule has 184 valence electrons. The second-order valence-corrected chi connectivity index (χ2v) is 12.7. The molecule has 0 bridgehead atoms. The zero-order chi connectivity index (χ0) is 24.7. The highest BCUT2D eigenvalue weighted by molar-refractivity contribution is 6.05. The van der Waals surface area contributed by atoms with Crippen molar-refractivity contribution in [1.29, 1.82) is 0 Å². The normalized spacial score (nSPS) is 45.3.